The zero-order valence-corrected chi connectivity index (χ0v) is 13.4. The van der Waals surface area contributed by atoms with Crippen LogP contribution in [0.2, 0.25) is 0 Å². The molecule has 1 saturated carbocycles. The van der Waals surface area contributed by atoms with E-state index in [1.54, 1.807) is 7.11 Å². The number of nitrogens with zero attached hydrogens (tertiary/aromatic N) is 1. The number of hydrogen-bond acceptors (Lipinski definition) is 2. The Hall–Kier alpha value is -1.83. The van der Waals surface area contributed by atoms with Gasteiger partial charge in [-0.15, -0.1) is 0 Å². The van der Waals surface area contributed by atoms with Crippen LogP contribution in [0.1, 0.15) is 56.4 Å². The summed E-state index contributed by atoms with van der Waals surface area (Å²) in [5.41, 5.74) is 3.76. The smallest absolute Gasteiger partial charge is 0.119 e. The average Bonchev–Trinajstić information content (AvgIpc) is 2.55. The summed E-state index contributed by atoms with van der Waals surface area (Å²) in [5, 5.41) is 0. The van der Waals surface area contributed by atoms with Gasteiger partial charge in [-0.25, -0.2) is 0 Å². The van der Waals surface area contributed by atoms with E-state index in [4.69, 9.17) is 4.74 Å². The van der Waals surface area contributed by atoms with Gasteiger partial charge in [-0.3, -0.25) is 4.98 Å². The maximum Gasteiger partial charge on any atom is 0.119 e. The molecule has 1 heterocycles. The van der Waals surface area contributed by atoms with Crippen LogP contribution in [-0.4, -0.2) is 12.1 Å². The average molecular weight is 295 g/mol. The van der Waals surface area contributed by atoms with Gasteiger partial charge in [0.25, 0.3) is 0 Å². The fraction of sp³-hybridized carbons (Fsp3) is 0.450. The Labute approximate surface area is 133 Å². The zero-order chi connectivity index (χ0) is 15.2. The van der Waals surface area contributed by atoms with E-state index in [0.29, 0.717) is 5.92 Å². The summed E-state index contributed by atoms with van der Waals surface area (Å²) in [7, 11) is 1.75. The molecule has 0 atom stereocenters. The first-order valence-corrected chi connectivity index (χ1v) is 8.48. The van der Waals surface area contributed by atoms with Crippen LogP contribution < -0.4 is 4.74 Å². The van der Waals surface area contributed by atoms with Gasteiger partial charge in [0.1, 0.15) is 5.75 Å². The van der Waals surface area contributed by atoms with Gasteiger partial charge in [0.2, 0.25) is 0 Å². The molecule has 116 valence electrons. The molecule has 1 aliphatic carbocycles. The number of rotatable bonds is 3. The van der Waals surface area contributed by atoms with Crippen LogP contribution in [0.15, 0.2) is 42.6 Å². The lowest BCUT2D eigenvalue weighted by atomic mass is 9.83. The second-order valence-electron chi connectivity index (χ2n) is 6.21. The Kier molecular flexibility index (Phi) is 5.10. The van der Waals surface area contributed by atoms with Crippen LogP contribution in [0.4, 0.5) is 0 Å². The van der Waals surface area contributed by atoms with Crippen molar-refractivity contribution in [1.82, 2.24) is 4.98 Å². The van der Waals surface area contributed by atoms with Crippen molar-refractivity contribution in [2.45, 2.75) is 50.9 Å². The summed E-state index contributed by atoms with van der Waals surface area (Å²) in [6, 6.07) is 12.6. The molecule has 1 aliphatic rings. The Morgan fingerprint density at radius 3 is 2.41 bits per heavy atom. The maximum atomic E-state index is 5.47. The number of benzene rings is 1. The van der Waals surface area contributed by atoms with E-state index in [2.05, 4.69) is 35.3 Å². The quantitative estimate of drug-likeness (QED) is 0.737. The Morgan fingerprint density at radius 1 is 0.955 bits per heavy atom. The molecule has 22 heavy (non-hydrogen) atoms. The molecule has 1 fully saturated rings. The van der Waals surface area contributed by atoms with Crippen molar-refractivity contribution in [3.05, 3.63) is 48.2 Å². The highest BCUT2D eigenvalue weighted by atomic mass is 16.5. The Balaban J connectivity index is 1.99. The molecule has 3 rings (SSSR count). The third-order valence-corrected chi connectivity index (χ3v) is 4.74. The van der Waals surface area contributed by atoms with Crippen molar-refractivity contribution in [2.75, 3.05) is 7.11 Å². The standard InChI is InChI=1S/C20H25NO/c1-22-17-12-13-18(20-11-7-8-14-21-20)19(15-17)16-9-5-3-2-4-6-10-16/h7-8,11-16H,2-6,9-10H2,1H3. The lowest BCUT2D eigenvalue weighted by Crippen LogP contribution is -2.05. The minimum atomic E-state index is 0.632. The summed E-state index contributed by atoms with van der Waals surface area (Å²) in [6.07, 6.45) is 11.3. The topological polar surface area (TPSA) is 22.1 Å². The SMILES string of the molecule is COc1ccc(-c2ccccn2)c(C2CCCCCCC2)c1. The molecule has 1 aromatic heterocycles. The fourth-order valence-electron chi connectivity index (χ4n) is 3.53. The number of hydrogen-bond donors (Lipinski definition) is 0. The molecular formula is C20H25NO. The molecule has 0 bridgehead atoms. The molecule has 0 amide bonds. The van der Waals surface area contributed by atoms with E-state index >= 15 is 0 Å². The molecule has 0 unspecified atom stereocenters. The molecule has 0 radical (unpaired) electrons. The van der Waals surface area contributed by atoms with Crippen LogP contribution in [0.25, 0.3) is 11.3 Å². The number of ether oxygens (including phenoxy) is 1. The Morgan fingerprint density at radius 2 is 1.73 bits per heavy atom. The first-order valence-electron chi connectivity index (χ1n) is 8.48. The van der Waals surface area contributed by atoms with E-state index in [1.165, 1.54) is 56.1 Å². The number of methoxy groups -OCH3 is 1. The van der Waals surface area contributed by atoms with Crippen LogP contribution in [0.5, 0.6) is 5.75 Å². The Bertz CT molecular complexity index is 586. The normalized spacial score (nSPS) is 16.8. The molecular weight excluding hydrogens is 270 g/mol. The summed E-state index contributed by atoms with van der Waals surface area (Å²) in [4.78, 5) is 4.56. The first-order chi connectivity index (χ1) is 10.9. The van der Waals surface area contributed by atoms with Gasteiger partial charge in [-0.05, 0) is 54.7 Å². The minimum absolute atomic E-state index is 0.632. The van der Waals surface area contributed by atoms with Gasteiger partial charge in [-0.1, -0.05) is 38.2 Å². The fourth-order valence-corrected chi connectivity index (χ4v) is 3.53. The lowest BCUT2D eigenvalue weighted by molar-refractivity contribution is 0.411. The maximum absolute atomic E-state index is 5.47. The highest BCUT2D eigenvalue weighted by molar-refractivity contribution is 5.65. The summed E-state index contributed by atoms with van der Waals surface area (Å²) in [5.74, 6) is 1.59. The molecule has 2 nitrogen and oxygen atoms in total. The van der Waals surface area contributed by atoms with Crippen LogP contribution in [0.3, 0.4) is 0 Å². The van der Waals surface area contributed by atoms with Crippen LogP contribution >= 0.6 is 0 Å². The van der Waals surface area contributed by atoms with Crippen molar-refractivity contribution in [2.24, 2.45) is 0 Å². The summed E-state index contributed by atoms with van der Waals surface area (Å²) >= 11 is 0. The monoisotopic (exact) mass is 295 g/mol. The molecule has 2 aromatic rings. The third-order valence-electron chi connectivity index (χ3n) is 4.74. The third kappa shape index (κ3) is 3.49. The van der Waals surface area contributed by atoms with E-state index < -0.39 is 0 Å². The van der Waals surface area contributed by atoms with Gasteiger partial charge >= 0.3 is 0 Å². The van der Waals surface area contributed by atoms with Gasteiger partial charge in [-0.2, -0.15) is 0 Å². The predicted molar refractivity (Wildman–Crippen MR) is 91.3 cm³/mol. The summed E-state index contributed by atoms with van der Waals surface area (Å²) < 4.78 is 5.47. The van der Waals surface area contributed by atoms with Gasteiger partial charge in [0.05, 0.1) is 12.8 Å². The van der Waals surface area contributed by atoms with E-state index in [-0.39, 0.29) is 0 Å². The summed E-state index contributed by atoms with van der Waals surface area (Å²) in [6.45, 7) is 0. The largest absolute Gasteiger partial charge is 0.497 e. The van der Waals surface area contributed by atoms with E-state index in [9.17, 15) is 0 Å². The van der Waals surface area contributed by atoms with Crippen molar-refractivity contribution in [1.29, 1.82) is 0 Å². The van der Waals surface area contributed by atoms with Crippen molar-refractivity contribution >= 4 is 0 Å². The number of pyridine rings is 1. The minimum Gasteiger partial charge on any atom is -0.497 e. The van der Waals surface area contributed by atoms with Crippen molar-refractivity contribution in [3.63, 3.8) is 0 Å². The molecule has 1 aromatic carbocycles. The van der Waals surface area contributed by atoms with E-state index in [0.717, 1.165) is 11.4 Å². The van der Waals surface area contributed by atoms with Gasteiger partial charge in [0, 0.05) is 11.8 Å². The highest BCUT2D eigenvalue weighted by Crippen LogP contribution is 2.38. The van der Waals surface area contributed by atoms with Crippen molar-refractivity contribution < 1.29 is 4.74 Å². The zero-order valence-electron chi connectivity index (χ0n) is 13.4. The predicted octanol–water partition coefficient (Wildman–Crippen LogP) is 5.59. The molecule has 0 aliphatic heterocycles. The molecule has 2 heteroatoms. The van der Waals surface area contributed by atoms with Crippen LogP contribution in [0, 0.1) is 0 Å². The number of aromatic nitrogens is 1. The molecule has 0 saturated heterocycles. The second-order valence-corrected chi connectivity index (χ2v) is 6.21. The van der Waals surface area contributed by atoms with Gasteiger partial charge in [0.15, 0.2) is 0 Å². The second kappa shape index (κ2) is 7.44. The highest BCUT2D eigenvalue weighted by Gasteiger charge is 2.19. The van der Waals surface area contributed by atoms with Crippen molar-refractivity contribution in [3.8, 4) is 17.0 Å². The van der Waals surface area contributed by atoms with Gasteiger partial charge < -0.3 is 4.74 Å². The molecule has 0 N–H and O–H groups in total. The van der Waals surface area contributed by atoms with E-state index in [1.807, 2.05) is 12.3 Å². The first kappa shape index (κ1) is 15.1. The molecule has 0 spiro atoms. The lowest BCUT2D eigenvalue weighted by Gasteiger charge is -2.23. The van der Waals surface area contributed by atoms with Crippen LogP contribution in [-0.2, 0) is 0 Å².